The van der Waals surface area contributed by atoms with E-state index in [2.05, 4.69) is 0 Å². The van der Waals surface area contributed by atoms with Gasteiger partial charge in [-0.1, -0.05) is 6.92 Å². The van der Waals surface area contributed by atoms with Crippen molar-refractivity contribution in [1.29, 1.82) is 0 Å². The number of hydrogen-bond acceptors (Lipinski definition) is 6. The summed E-state index contributed by atoms with van der Waals surface area (Å²) in [5.41, 5.74) is -4.35. The number of aliphatic hydroxyl groups is 2. The SMILES string of the molecule is CC(O)C1(C)COC(=O)CC23CC(=O)OC2(C)CCC13O. The van der Waals surface area contributed by atoms with E-state index in [1.807, 2.05) is 0 Å². The second kappa shape index (κ2) is 3.98. The maximum Gasteiger partial charge on any atom is 0.307 e. The van der Waals surface area contributed by atoms with Crippen LogP contribution in [0.1, 0.15) is 46.5 Å². The summed E-state index contributed by atoms with van der Waals surface area (Å²) in [5, 5.41) is 21.8. The van der Waals surface area contributed by atoms with E-state index in [0.717, 1.165) is 0 Å². The number of hydrogen-bond donors (Lipinski definition) is 2. The molecule has 2 saturated heterocycles. The van der Waals surface area contributed by atoms with Gasteiger partial charge in [0.25, 0.3) is 0 Å². The summed E-state index contributed by atoms with van der Waals surface area (Å²) in [7, 11) is 0. The highest BCUT2D eigenvalue weighted by Gasteiger charge is 2.78. The third-order valence-electron chi connectivity index (χ3n) is 6.40. The lowest BCUT2D eigenvalue weighted by Gasteiger charge is -2.51. The summed E-state index contributed by atoms with van der Waals surface area (Å²) in [6.45, 7) is 5.01. The molecule has 0 amide bonds. The molecule has 118 valence electrons. The molecular formula is C15H22O6. The van der Waals surface area contributed by atoms with E-state index in [1.165, 1.54) is 0 Å². The van der Waals surface area contributed by atoms with Gasteiger partial charge in [0.2, 0.25) is 0 Å². The van der Waals surface area contributed by atoms with Crippen LogP contribution < -0.4 is 0 Å². The number of rotatable bonds is 1. The molecule has 1 aliphatic carbocycles. The van der Waals surface area contributed by atoms with Gasteiger partial charge in [-0.2, -0.15) is 0 Å². The molecule has 0 aromatic heterocycles. The van der Waals surface area contributed by atoms with Crippen molar-refractivity contribution in [2.45, 2.75) is 63.8 Å². The molecule has 3 rings (SSSR count). The Bertz CT molecular complexity index is 516. The summed E-state index contributed by atoms with van der Waals surface area (Å²) in [6, 6.07) is 0. The molecule has 21 heavy (non-hydrogen) atoms. The Morgan fingerprint density at radius 3 is 2.38 bits per heavy atom. The zero-order valence-electron chi connectivity index (χ0n) is 12.6. The first kappa shape index (κ1) is 14.8. The summed E-state index contributed by atoms with van der Waals surface area (Å²) in [5.74, 6) is -0.859. The molecule has 2 aliphatic heterocycles. The molecule has 1 spiro atoms. The Morgan fingerprint density at radius 1 is 1.14 bits per heavy atom. The van der Waals surface area contributed by atoms with Gasteiger partial charge < -0.3 is 19.7 Å². The van der Waals surface area contributed by atoms with Crippen LogP contribution in [0.5, 0.6) is 0 Å². The maximum absolute atomic E-state index is 12.1. The third-order valence-corrected chi connectivity index (χ3v) is 6.40. The molecule has 2 N–H and O–H groups in total. The van der Waals surface area contributed by atoms with Crippen LogP contribution in [0.25, 0.3) is 0 Å². The Morgan fingerprint density at radius 2 is 1.76 bits per heavy atom. The fourth-order valence-electron chi connectivity index (χ4n) is 4.69. The van der Waals surface area contributed by atoms with Crippen LogP contribution in [0.4, 0.5) is 0 Å². The Kier molecular flexibility index (Phi) is 2.80. The van der Waals surface area contributed by atoms with Crippen LogP contribution in [0, 0.1) is 10.8 Å². The lowest BCUT2D eigenvalue weighted by Crippen LogP contribution is -2.63. The highest BCUT2D eigenvalue weighted by Crippen LogP contribution is 2.68. The largest absolute Gasteiger partial charge is 0.465 e. The summed E-state index contributed by atoms with van der Waals surface area (Å²) in [4.78, 5) is 24.0. The average molecular weight is 298 g/mol. The highest BCUT2D eigenvalue weighted by molar-refractivity contribution is 5.79. The van der Waals surface area contributed by atoms with Crippen molar-refractivity contribution < 1.29 is 29.3 Å². The van der Waals surface area contributed by atoms with Crippen LogP contribution in [0.3, 0.4) is 0 Å². The molecule has 5 unspecified atom stereocenters. The van der Waals surface area contributed by atoms with Crippen LogP contribution in [-0.4, -0.2) is 46.1 Å². The first-order valence-corrected chi connectivity index (χ1v) is 7.38. The fraction of sp³-hybridized carbons (Fsp3) is 0.867. The minimum atomic E-state index is -1.39. The predicted molar refractivity (Wildman–Crippen MR) is 71.1 cm³/mol. The lowest BCUT2D eigenvalue weighted by molar-refractivity contribution is -0.203. The van der Waals surface area contributed by atoms with E-state index in [9.17, 15) is 19.8 Å². The Labute approximate surface area is 123 Å². The maximum atomic E-state index is 12.1. The zero-order valence-corrected chi connectivity index (χ0v) is 12.6. The number of aliphatic hydroxyl groups excluding tert-OH is 1. The predicted octanol–water partition coefficient (Wildman–Crippen LogP) is 0.537. The van der Waals surface area contributed by atoms with Gasteiger partial charge in [0.1, 0.15) is 12.2 Å². The van der Waals surface area contributed by atoms with Crippen molar-refractivity contribution in [2.75, 3.05) is 6.61 Å². The third kappa shape index (κ3) is 1.50. The number of carbonyl (C=O) groups is 2. The quantitative estimate of drug-likeness (QED) is 0.686. The molecule has 6 heteroatoms. The van der Waals surface area contributed by atoms with Gasteiger partial charge >= 0.3 is 11.9 Å². The van der Waals surface area contributed by atoms with Crippen LogP contribution in [0.15, 0.2) is 0 Å². The van der Waals surface area contributed by atoms with E-state index < -0.39 is 40.1 Å². The van der Waals surface area contributed by atoms with E-state index in [-0.39, 0.29) is 19.4 Å². The van der Waals surface area contributed by atoms with E-state index >= 15 is 0 Å². The van der Waals surface area contributed by atoms with Crippen molar-refractivity contribution >= 4 is 11.9 Å². The zero-order chi connectivity index (χ0) is 15.7. The summed E-state index contributed by atoms with van der Waals surface area (Å²) >= 11 is 0. The van der Waals surface area contributed by atoms with Gasteiger partial charge in [0.05, 0.1) is 35.4 Å². The average Bonchev–Trinajstić information content (AvgIpc) is 2.71. The van der Waals surface area contributed by atoms with Crippen molar-refractivity contribution in [2.24, 2.45) is 10.8 Å². The minimum Gasteiger partial charge on any atom is -0.465 e. The van der Waals surface area contributed by atoms with Crippen LogP contribution in [0.2, 0.25) is 0 Å². The molecule has 0 radical (unpaired) electrons. The van der Waals surface area contributed by atoms with Gasteiger partial charge in [-0.25, -0.2) is 0 Å². The number of esters is 2. The smallest absolute Gasteiger partial charge is 0.307 e. The normalized spacial score (nSPS) is 50.7. The lowest BCUT2D eigenvalue weighted by atomic mass is 9.55. The monoisotopic (exact) mass is 298 g/mol. The van der Waals surface area contributed by atoms with Crippen molar-refractivity contribution in [1.82, 2.24) is 0 Å². The van der Waals surface area contributed by atoms with E-state index in [0.29, 0.717) is 12.8 Å². The Balaban J connectivity index is 2.22. The summed E-state index contributed by atoms with van der Waals surface area (Å²) < 4.78 is 10.7. The first-order chi connectivity index (χ1) is 9.60. The second-order valence-corrected chi connectivity index (χ2v) is 7.25. The molecule has 0 aromatic rings. The standard InChI is InChI=1S/C15H22O6/c1-9(16)12(2)8-20-10(17)6-14-7-11(18)21-13(14,3)4-5-15(12,14)19/h9,16,19H,4-8H2,1-3H3. The second-order valence-electron chi connectivity index (χ2n) is 7.25. The minimum absolute atomic E-state index is 0.0165. The molecular weight excluding hydrogens is 276 g/mol. The fourth-order valence-corrected chi connectivity index (χ4v) is 4.69. The molecule has 6 nitrogen and oxygen atoms in total. The number of cyclic esters (lactones) is 1. The first-order valence-electron chi connectivity index (χ1n) is 7.38. The van der Waals surface area contributed by atoms with E-state index in [4.69, 9.17) is 9.47 Å². The topological polar surface area (TPSA) is 93.1 Å². The highest BCUT2D eigenvalue weighted by atomic mass is 16.6. The van der Waals surface area contributed by atoms with Crippen LogP contribution in [-0.2, 0) is 19.1 Å². The van der Waals surface area contributed by atoms with Crippen molar-refractivity contribution in [3.8, 4) is 0 Å². The molecule has 0 aromatic carbocycles. The van der Waals surface area contributed by atoms with Gasteiger partial charge in [-0.3, -0.25) is 9.59 Å². The van der Waals surface area contributed by atoms with Gasteiger partial charge in [-0.15, -0.1) is 0 Å². The van der Waals surface area contributed by atoms with E-state index in [1.54, 1.807) is 20.8 Å². The molecule has 3 aliphatic rings. The van der Waals surface area contributed by atoms with Gasteiger partial charge in [0.15, 0.2) is 0 Å². The molecule has 1 saturated carbocycles. The number of ether oxygens (including phenoxy) is 2. The van der Waals surface area contributed by atoms with Gasteiger partial charge in [-0.05, 0) is 26.7 Å². The Hall–Kier alpha value is -1.14. The molecule has 0 bridgehead atoms. The van der Waals surface area contributed by atoms with Crippen molar-refractivity contribution in [3.05, 3.63) is 0 Å². The van der Waals surface area contributed by atoms with Gasteiger partial charge in [0, 0.05) is 0 Å². The molecule has 5 atom stereocenters. The van der Waals surface area contributed by atoms with Crippen LogP contribution >= 0.6 is 0 Å². The summed E-state index contributed by atoms with van der Waals surface area (Å²) in [6.07, 6.45) is -0.117. The molecule has 2 heterocycles. The molecule has 3 fully saturated rings. The number of carbonyl (C=O) groups excluding carboxylic acids is 2. The van der Waals surface area contributed by atoms with Crippen molar-refractivity contribution in [3.63, 3.8) is 0 Å².